The third kappa shape index (κ3) is 3.81. The molecule has 0 aliphatic rings. The Labute approximate surface area is 89.7 Å². The molecule has 0 fully saturated rings. The number of guanidine groups is 1. The minimum Gasteiger partial charge on any atom is -0.369 e. The van der Waals surface area contributed by atoms with E-state index in [2.05, 4.69) is 36.5 Å². The Bertz CT molecular complexity index is 351. The fourth-order valence-electron chi connectivity index (χ4n) is 1.14. The molecular formula is C11H16N4. The fourth-order valence-corrected chi connectivity index (χ4v) is 1.14. The summed E-state index contributed by atoms with van der Waals surface area (Å²) in [5.41, 5.74) is 9.72. The summed E-state index contributed by atoms with van der Waals surface area (Å²) in [6.45, 7) is 4.31. The number of hydrogen-bond acceptors (Lipinski definition) is 2. The van der Waals surface area contributed by atoms with Crippen LogP contribution in [0, 0.1) is 5.41 Å². The van der Waals surface area contributed by atoms with Crippen molar-refractivity contribution in [3.05, 3.63) is 35.4 Å². The molecule has 0 bridgehead atoms. The molecule has 4 heteroatoms. The zero-order valence-corrected chi connectivity index (χ0v) is 8.99. The lowest BCUT2D eigenvalue weighted by molar-refractivity contribution is 0.866. The highest BCUT2D eigenvalue weighted by molar-refractivity contribution is 5.81. The summed E-state index contributed by atoms with van der Waals surface area (Å²) in [7, 11) is 0. The summed E-state index contributed by atoms with van der Waals surface area (Å²) in [6, 6.07) is 8.11. The molecule has 4 N–H and O–H groups in total. The Morgan fingerprint density at radius 1 is 1.40 bits per heavy atom. The summed E-state index contributed by atoms with van der Waals surface area (Å²) in [5.74, 6) is 0.372. The number of nitrogens with two attached hydrogens (primary N) is 1. The molecular weight excluding hydrogens is 188 g/mol. The summed E-state index contributed by atoms with van der Waals surface area (Å²) < 4.78 is 0. The van der Waals surface area contributed by atoms with E-state index >= 15 is 0 Å². The molecule has 0 amide bonds. The first-order valence-electron chi connectivity index (χ1n) is 4.82. The number of hydrogen-bond donors (Lipinski definition) is 3. The van der Waals surface area contributed by atoms with Gasteiger partial charge in [0.2, 0.25) is 5.96 Å². The molecule has 1 rings (SSSR count). The van der Waals surface area contributed by atoms with Crippen molar-refractivity contribution >= 4 is 12.2 Å². The van der Waals surface area contributed by atoms with Gasteiger partial charge in [-0.2, -0.15) is 5.10 Å². The van der Waals surface area contributed by atoms with Crippen molar-refractivity contribution in [3.8, 4) is 0 Å². The molecule has 0 spiro atoms. The van der Waals surface area contributed by atoms with Gasteiger partial charge >= 0.3 is 0 Å². The van der Waals surface area contributed by atoms with Crippen molar-refractivity contribution in [1.29, 1.82) is 5.41 Å². The molecule has 0 atom stereocenters. The Balaban J connectivity index is 2.64. The Kier molecular flexibility index (Phi) is 3.85. The standard InChI is InChI=1S/C11H16N4/c1-8(2)10-5-3-9(4-6-10)7-14-15-11(12)13/h3-8H,1-2H3,(H4,12,13,15)/b14-7+. The topological polar surface area (TPSA) is 74.3 Å². The van der Waals surface area contributed by atoms with Crippen molar-refractivity contribution < 1.29 is 0 Å². The molecule has 0 aliphatic carbocycles. The average Bonchev–Trinajstić information content (AvgIpc) is 2.18. The molecule has 1 aromatic rings. The second kappa shape index (κ2) is 5.14. The van der Waals surface area contributed by atoms with Crippen LogP contribution in [-0.2, 0) is 0 Å². The SMILES string of the molecule is CC(C)c1ccc(/C=N/NC(=N)N)cc1. The van der Waals surface area contributed by atoms with Gasteiger partial charge in [0, 0.05) is 0 Å². The minimum atomic E-state index is -0.162. The van der Waals surface area contributed by atoms with Gasteiger partial charge in [0.15, 0.2) is 0 Å². The van der Waals surface area contributed by atoms with E-state index in [1.54, 1.807) is 6.21 Å². The third-order valence-corrected chi connectivity index (χ3v) is 2.00. The van der Waals surface area contributed by atoms with Crippen LogP contribution in [0.2, 0.25) is 0 Å². The smallest absolute Gasteiger partial charge is 0.206 e. The number of nitrogens with zero attached hydrogens (tertiary/aromatic N) is 1. The van der Waals surface area contributed by atoms with Gasteiger partial charge in [-0.05, 0) is 17.0 Å². The minimum absolute atomic E-state index is 0.162. The van der Waals surface area contributed by atoms with E-state index < -0.39 is 0 Å². The van der Waals surface area contributed by atoms with Crippen LogP contribution in [0.4, 0.5) is 0 Å². The van der Waals surface area contributed by atoms with E-state index in [9.17, 15) is 0 Å². The van der Waals surface area contributed by atoms with Crippen molar-refractivity contribution in [3.63, 3.8) is 0 Å². The maximum atomic E-state index is 6.90. The zero-order chi connectivity index (χ0) is 11.3. The van der Waals surface area contributed by atoms with E-state index in [-0.39, 0.29) is 5.96 Å². The van der Waals surface area contributed by atoms with Crippen LogP contribution in [0.1, 0.15) is 30.9 Å². The molecule has 4 nitrogen and oxygen atoms in total. The lowest BCUT2D eigenvalue weighted by Crippen LogP contribution is -2.25. The molecule has 0 aromatic heterocycles. The average molecular weight is 204 g/mol. The predicted molar refractivity (Wildman–Crippen MR) is 63.2 cm³/mol. The molecule has 0 saturated heterocycles. The second-order valence-corrected chi connectivity index (χ2v) is 3.61. The zero-order valence-electron chi connectivity index (χ0n) is 8.99. The van der Waals surface area contributed by atoms with E-state index in [1.807, 2.05) is 12.1 Å². The van der Waals surface area contributed by atoms with Crippen LogP contribution >= 0.6 is 0 Å². The third-order valence-electron chi connectivity index (χ3n) is 2.00. The van der Waals surface area contributed by atoms with E-state index in [0.29, 0.717) is 5.92 Å². The Morgan fingerprint density at radius 3 is 2.47 bits per heavy atom. The molecule has 0 unspecified atom stereocenters. The van der Waals surface area contributed by atoms with Crippen LogP contribution in [0.5, 0.6) is 0 Å². The molecule has 1 aromatic carbocycles. The number of nitrogens with one attached hydrogen (secondary N) is 2. The summed E-state index contributed by atoms with van der Waals surface area (Å²) in [6.07, 6.45) is 1.63. The fraction of sp³-hybridized carbons (Fsp3) is 0.273. The van der Waals surface area contributed by atoms with Crippen LogP contribution in [0.25, 0.3) is 0 Å². The first kappa shape index (κ1) is 11.2. The van der Waals surface area contributed by atoms with Crippen molar-refractivity contribution in [1.82, 2.24) is 5.43 Å². The van der Waals surface area contributed by atoms with Crippen LogP contribution in [0.3, 0.4) is 0 Å². The van der Waals surface area contributed by atoms with Crippen molar-refractivity contribution in [2.75, 3.05) is 0 Å². The maximum absolute atomic E-state index is 6.90. The predicted octanol–water partition coefficient (Wildman–Crippen LogP) is 1.63. The molecule has 0 saturated carbocycles. The van der Waals surface area contributed by atoms with E-state index in [1.165, 1.54) is 5.56 Å². The summed E-state index contributed by atoms with van der Waals surface area (Å²) in [4.78, 5) is 0. The number of rotatable bonds is 3. The normalized spacial score (nSPS) is 10.9. The molecule has 80 valence electrons. The largest absolute Gasteiger partial charge is 0.369 e. The molecule has 0 aliphatic heterocycles. The highest BCUT2D eigenvalue weighted by Gasteiger charge is 1.97. The van der Waals surface area contributed by atoms with Gasteiger partial charge < -0.3 is 5.73 Å². The van der Waals surface area contributed by atoms with E-state index in [0.717, 1.165) is 5.56 Å². The maximum Gasteiger partial charge on any atom is 0.206 e. The Morgan fingerprint density at radius 2 is 2.00 bits per heavy atom. The Hall–Kier alpha value is -1.84. The van der Waals surface area contributed by atoms with Gasteiger partial charge in [0.05, 0.1) is 6.21 Å². The van der Waals surface area contributed by atoms with Gasteiger partial charge in [-0.3, -0.25) is 5.41 Å². The first-order valence-corrected chi connectivity index (χ1v) is 4.82. The monoisotopic (exact) mass is 204 g/mol. The molecule has 0 heterocycles. The van der Waals surface area contributed by atoms with Crippen LogP contribution in [0.15, 0.2) is 29.4 Å². The second-order valence-electron chi connectivity index (χ2n) is 3.61. The molecule has 0 radical (unpaired) electrons. The highest BCUT2D eigenvalue weighted by atomic mass is 15.3. The summed E-state index contributed by atoms with van der Waals surface area (Å²) >= 11 is 0. The van der Waals surface area contributed by atoms with Gasteiger partial charge in [-0.1, -0.05) is 38.1 Å². The number of hydrazone groups is 1. The quantitative estimate of drug-likeness (QED) is 0.397. The first-order chi connectivity index (χ1) is 7.09. The van der Waals surface area contributed by atoms with Gasteiger partial charge in [0.1, 0.15) is 0 Å². The number of benzene rings is 1. The van der Waals surface area contributed by atoms with Crippen LogP contribution < -0.4 is 11.2 Å². The van der Waals surface area contributed by atoms with E-state index in [4.69, 9.17) is 11.1 Å². The lowest BCUT2D eigenvalue weighted by atomic mass is 10.0. The van der Waals surface area contributed by atoms with Crippen molar-refractivity contribution in [2.45, 2.75) is 19.8 Å². The van der Waals surface area contributed by atoms with Gasteiger partial charge in [0.25, 0.3) is 0 Å². The highest BCUT2D eigenvalue weighted by Crippen LogP contribution is 2.13. The van der Waals surface area contributed by atoms with Crippen LogP contribution in [-0.4, -0.2) is 12.2 Å². The lowest BCUT2D eigenvalue weighted by Gasteiger charge is -2.04. The van der Waals surface area contributed by atoms with Crippen molar-refractivity contribution in [2.24, 2.45) is 10.8 Å². The van der Waals surface area contributed by atoms with Gasteiger partial charge in [-0.15, -0.1) is 0 Å². The summed E-state index contributed by atoms with van der Waals surface area (Å²) in [5, 5.41) is 10.7. The van der Waals surface area contributed by atoms with Gasteiger partial charge in [-0.25, -0.2) is 5.43 Å². The molecule has 15 heavy (non-hydrogen) atoms.